The second-order valence-corrected chi connectivity index (χ2v) is 42.1. The minimum absolute atomic E-state index is 0. The van der Waals surface area contributed by atoms with Gasteiger partial charge in [0.2, 0.25) is 0 Å². The van der Waals surface area contributed by atoms with Crippen molar-refractivity contribution in [2.45, 2.75) is 57.1 Å². The summed E-state index contributed by atoms with van der Waals surface area (Å²) in [4.78, 5) is 0. The third-order valence-corrected chi connectivity index (χ3v) is 11.5. The molecule has 0 unspecified atom stereocenters. The molecule has 157 valence electrons. The molecule has 0 aromatic carbocycles. The fourth-order valence-corrected chi connectivity index (χ4v) is 7.98. The number of nitrogens with one attached hydrogen (secondary N) is 3. The molecule has 1 saturated heterocycles. The predicted octanol–water partition coefficient (Wildman–Crippen LogP) is 4.44. The molecule has 0 radical (unpaired) electrons. The van der Waals surface area contributed by atoms with Gasteiger partial charge in [0.1, 0.15) is 0 Å². The number of hydrogen-bond donors (Lipinski definition) is 3. The van der Waals surface area contributed by atoms with E-state index in [1.165, 1.54) is 38.8 Å². The quantitative estimate of drug-likeness (QED) is 0.530. The fourth-order valence-electron chi connectivity index (χ4n) is 3.30. The molecule has 1 fully saturated rings. The van der Waals surface area contributed by atoms with E-state index in [1.54, 1.807) is 0 Å². The Hall–Kier alpha value is 1.13. The van der Waals surface area contributed by atoms with Crippen LogP contribution in [0.5, 0.6) is 0 Å². The van der Waals surface area contributed by atoms with Crippen molar-refractivity contribution in [3.8, 4) is 0 Å². The summed E-state index contributed by atoms with van der Waals surface area (Å²) in [5, 5.41) is 26.2. The Morgan fingerprint density at radius 2 is 0.800 bits per heavy atom. The van der Waals surface area contributed by atoms with E-state index in [0.717, 1.165) is 39.3 Å². The zero-order valence-corrected chi connectivity index (χ0v) is 20.9. The van der Waals surface area contributed by atoms with Crippen LogP contribution in [-0.4, -0.2) is 55.7 Å². The summed E-state index contributed by atoms with van der Waals surface area (Å²) in [5.41, 5.74) is 0. The molecule has 4 nitrogen and oxygen atoms in total. The van der Waals surface area contributed by atoms with E-state index in [-0.39, 0.29) is 24.8 Å². The van der Waals surface area contributed by atoms with Crippen molar-refractivity contribution >= 4 is 24.8 Å². The molecule has 0 saturated carbocycles. The van der Waals surface area contributed by atoms with Crippen LogP contribution in [0.15, 0.2) is 0 Å². The Labute approximate surface area is 166 Å². The maximum atomic E-state index is 3.62. The Balaban J connectivity index is 0. The molecule has 3 N–H and O–H groups in total. The topological polar surface area (TPSA) is 39.3 Å². The van der Waals surface area contributed by atoms with E-state index in [4.69, 9.17) is 0 Å². The molecule has 0 aliphatic carbocycles. The summed E-state index contributed by atoms with van der Waals surface area (Å²) >= 11 is -3.50. The molecule has 1 aliphatic rings. The summed E-state index contributed by atoms with van der Waals surface area (Å²) in [6, 6.07) is 0. The van der Waals surface area contributed by atoms with Gasteiger partial charge in [-0.05, 0) is 0 Å². The van der Waals surface area contributed by atoms with Crippen LogP contribution in [0.4, 0.5) is 0 Å². The van der Waals surface area contributed by atoms with Gasteiger partial charge in [-0.25, -0.2) is 0 Å². The van der Waals surface area contributed by atoms with Crippen molar-refractivity contribution in [1.82, 2.24) is 19.3 Å². The summed E-state index contributed by atoms with van der Waals surface area (Å²) in [6.45, 7) is 9.26. The van der Waals surface area contributed by atoms with Crippen LogP contribution in [0.25, 0.3) is 0 Å². The predicted molar refractivity (Wildman–Crippen MR) is 118 cm³/mol. The summed E-state index contributed by atoms with van der Waals surface area (Å²) in [7, 11) is 0. The third kappa shape index (κ3) is 13.9. The average molecular weight is 438 g/mol. The molecule has 0 aromatic rings. The first-order chi connectivity index (χ1) is 10.3. The standard InChI is InChI=1S/C12H27N4.6CH3.2ClH.Ti/c1-5-13-7-2-9-15-11-4-12-16-10-3-8-14-6-1;;;;;;;;;/h13-15H,1-12H2;6*1H3;2*1H;/q-1;;;;;;;;;+1. The molecular formula is C18H47Cl2N4Ti. The number of nitrogens with zero attached hydrogens (tertiary/aromatic N) is 1. The van der Waals surface area contributed by atoms with Gasteiger partial charge in [0.25, 0.3) is 0 Å². The molecule has 0 aromatic heterocycles. The van der Waals surface area contributed by atoms with E-state index in [0.29, 0.717) is 0 Å². The summed E-state index contributed by atoms with van der Waals surface area (Å²) in [6.07, 6.45) is 4.96. The first-order valence-corrected chi connectivity index (χ1v) is 20.0. The molecule has 1 heterocycles. The first-order valence-electron chi connectivity index (χ1n) is 9.98. The monoisotopic (exact) mass is 437 g/mol. The molecule has 1 rings (SSSR count). The van der Waals surface area contributed by atoms with Gasteiger partial charge in [0.05, 0.1) is 0 Å². The number of hydrogen-bond acceptors (Lipinski definition) is 4. The van der Waals surface area contributed by atoms with E-state index in [9.17, 15) is 0 Å². The Morgan fingerprint density at radius 3 is 1.08 bits per heavy atom. The van der Waals surface area contributed by atoms with Gasteiger partial charge in [0, 0.05) is 0 Å². The molecule has 0 amide bonds. The Bertz CT molecular complexity index is 353. The number of rotatable bonds is 1. The molecule has 7 heteroatoms. The van der Waals surface area contributed by atoms with Gasteiger partial charge in [-0.1, -0.05) is 0 Å². The molecular weight excluding hydrogens is 391 g/mol. The maximum absolute atomic E-state index is 3.62. The third-order valence-electron chi connectivity index (χ3n) is 4.87. The van der Waals surface area contributed by atoms with Crippen LogP contribution in [0.3, 0.4) is 0 Å². The Morgan fingerprint density at radius 1 is 0.520 bits per heavy atom. The Kier molecular flexibility index (Phi) is 10.3. The van der Waals surface area contributed by atoms with Crippen LogP contribution >= 0.6 is 24.8 Å². The van der Waals surface area contributed by atoms with Crippen molar-refractivity contribution in [2.75, 3.05) is 52.4 Å². The molecule has 0 bridgehead atoms. The van der Waals surface area contributed by atoms with Gasteiger partial charge >= 0.3 is 142 Å². The molecule has 1 aliphatic heterocycles. The second kappa shape index (κ2) is 9.09. The van der Waals surface area contributed by atoms with E-state index >= 15 is 0 Å². The molecule has 0 spiro atoms. The van der Waals surface area contributed by atoms with Gasteiger partial charge in [-0.3, -0.25) is 0 Å². The van der Waals surface area contributed by atoms with E-state index in [1.807, 2.05) is 0 Å². The first kappa shape index (κ1) is 28.3. The molecule has 0 atom stereocenters. The van der Waals surface area contributed by atoms with Crippen LogP contribution in [0, 0.1) is 0 Å². The van der Waals surface area contributed by atoms with Crippen LogP contribution in [0.2, 0.25) is 31.4 Å². The van der Waals surface area contributed by atoms with Crippen molar-refractivity contribution in [1.29, 1.82) is 0 Å². The second-order valence-electron chi connectivity index (χ2n) is 13.5. The van der Waals surface area contributed by atoms with Crippen molar-refractivity contribution < 1.29 is 13.0 Å². The fraction of sp³-hybridized carbons (Fsp3) is 1.00. The van der Waals surface area contributed by atoms with Crippen molar-refractivity contribution in [3.05, 3.63) is 0 Å². The summed E-state index contributed by atoms with van der Waals surface area (Å²) in [5.74, 6) is 0. The van der Waals surface area contributed by atoms with Gasteiger partial charge in [-0.2, -0.15) is 0 Å². The van der Waals surface area contributed by atoms with Crippen molar-refractivity contribution in [2.24, 2.45) is 0 Å². The zero-order valence-electron chi connectivity index (χ0n) is 17.7. The van der Waals surface area contributed by atoms with Gasteiger partial charge < -0.3 is 0 Å². The van der Waals surface area contributed by atoms with Crippen LogP contribution in [-0.2, 0) is 13.0 Å². The van der Waals surface area contributed by atoms with Gasteiger partial charge in [-0.15, -0.1) is 24.8 Å². The minimum atomic E-state index is -3.50. The average Bonchev–Trinajstić information content (AvgIpc) is 2.35. The van der Waals surface area contributed by atoms with E-state index in [2.05, 4.69) is 50.7 Å². The van der Waals surface area contributed by atoms with Gasteiger partial charge in [0.15, 0.2) is 0 Å². The zero-order chi connectivity index (χ0) is 17.6. The van der Waals surface area contributed by atoms with Crippen LogP contribution < -0.4 is 16.0 Å². The van der Waals surface area contributed by atoms with E-state index < -0.39 is 13.0 Å². The normalized spacial score (nSPS) is 25.1. The SMILES string of the molecule is Cl.Cl.[CH3][Ti]([CH3])([CH3])([CH3])([CH3])([CH3])[N]1CCCNCCCNCCCNCCC1. The summed E-state index contributed by atoms with van der Waals surface area (Å²) < 4.78 is 2.87. The van der Waals surface area contributed by atoms with Crippen molar-refractivity contribution in [3.63, 3.8) is 0 Å². The molecule has 25 heavy (non-hydrogen) atoms. The number of halogens is 2. The van der Waals surface area contributed by atoms with Crippen LogP contribution in [0.1, 0.15) is 25.7 Å².